The first-order valence-corrected chi connectivity index (χ1v) is 4.81. The van der Waals surface area contributed by atoms with Crippen LogP contribution in [-0.4, -0.2) is 17.0 Å². The van der Waals surface area contributed by atoms with E-state index in [1.807, 2.05) is 36.0 Å². The number of amides is 1. The number of hydrogen-bond donors (Lipinski definition) is 1. The van der Waals surface area contributed by atoms with E-state index in [0.29, 0.717) is 6.54 Å². The number of aryl methyl sites for hydroxylation is 1. The van der Waals surface area contributed by atoms with Crippen LogP contribution in [0.5, 0.6) is 0 Å². The molecule has 4 heteroatoms. The van der Waals surface area contributed by atoms with Gasteiger partial charge in [0, 0.05) is 25.5 Å². The predicted molar refractivity (Wildman–Crippen MR) is 62.2 cm³/mol. The normalized spacial score (nSPS) is 10.6. The van der Waals surface area contributed by atoms with Gasteiger partial charge in [-0.25, -0.2) is 0 Å². The van der Waals surface area contributed by atoms with Gasteiger partial charge in [-0.2, -0.15) is 5.26 Å². The maximum Gasteiger partial charge on any atom is 0.262 e. The standard InChI is InChI=1S/C12H13N3O/c1-3-6-14-12(16)10(9-13)8-11-5-4-7-15(11)2/h3-5,7-8H,1,6H2,2H3,(H,14,16)/b10-8-. The molecule has 0 spiro atoms. The molecule has 1 aromatic rings. The third kappa shape index (κ3) is 2.85. The number of carbonyl (C=O) groups is 1. The van der Waals surface area contributed by atoms with Gasteiger partial charge in [0.25, 0.3) is 5.91 Å². The highest BCUT2D eigenvalue weighted by Crippen LogP contribution is 2.06. The van der Waals surface area contributed by atoms with E-state index in [1.165, 1.54) is 0 Å². The molecule has 0 aliphatic carbocycles. The maximum absolute atomic E-state index is 11.5. The summed E-state index contributed by atoms with van der Waals surface area (Å²) in [5, 5.41) is 11.4. The molecular formula is C12H13N3O. The van der Waals surface area contributed by atoms with Gasteiger partial charge in [0.1, 0.15) is 11.6 Å². The van der Waals surface area contributed by atoms with Gasteiger partial charge in [-0.3, -0.25) is 4.79 Å². The Morgan fingerprint density at radius 2 is 2.50 bits per heavy atom. The third-order valence-electron chi connectivity index (χ3n) is 2.05. The summed E-state index contributed by atoms with van der Waals surface area (Å²) in [5.41, 5.74) is 0.897. The summed E-state index contributed by atoms with van der Waals surface area (Å²) in [5.74, 6) is -0.386. The fourth-order valence-electron chi connectivity index (χ4n) is 1.18. The van der Waals surface area contributed by atoms with Crippen LogP contribution in [0.15, 0.2) is 36.6 Å². The van der Waals surface area contributed by atoms with Crippen molar-refractivity contribution in [3.8, 4) is 6.07 Å². The summed E-state index contributed by atoms with van der Waals surface area (Å²) in [6.45, 7) is 3.84. The van der Waals surface area contributed by atoms with Crippen molar-refractivity contribution in [2.24, 2.45) is 7.05 Å². The van der Waals surface area contributed by atoms with Crippen LogP contribution in [0.4, 0.5) is 0 Å². The first kappa shape index (κ1) is 11.8. The quantitative estimate of drug-likeness (QED) is 0.466. The second-order valence-corrected chi connectivity index (χ2v) is 3.21. The molecule has 0 atom stereocenters. The van der Waals surface area contributed by atoms with E-state index in [-0.39, 0.29) is 11.5 Å². The minimum Gasteiger partial charge on any atom is -0.351 e. The van der Waals surface area contributed by atoms with Crippen LogP contribution in [0.3, 0.4) is 0 Å². The Kier molecular flexibility index (Phi) is 4.10. The summed E-state index contributed by atoms with van der Waals surface area (Å²) in [4.78, 5) is 11.5. The van der Waals surface area contributed by atoms with Gasteiger partial charge in [-0.15, -0.1) is 6.58 Å². The first-order valence-electron chi connectivity index (χ1n) is 4.81. The highest BCUT2D eigenvalue weighted by molar-refractivity contribution is 6.01. The average molecular weight is 215 g/mol. The summed E-state index contributed by atoms with van der Waals surface area (Å²) >= 11 is 0. The molecule has 1 heterocycles. The number of hydrogen-bond acceptors (Lipinski definition) is 2. The smallest absolute Gasteiger partial charge is 0.262 e. The molecule has 1 rings (SSSR count). The zero-order valence-corrected chi connectivity index (χ0v) is 9.10. The molecule has 1 amide bonds. The number of nitrogens with one attached hydrogen (secondary N) is 1. The van der Waals surface area contributed by atoms with Crippen molar-refractivity contribution in [3.05, 3.63) is 42.3 Å². The fraction of sp³-hybridized carbons (Fsp3) is 0.167. The van der Waals surface area contributed by atoms with Crippen LogP contribution in [0.1, 0.15) is 5.69 Å². The second-order valence-electron chi connectivity index (χ2n) is 3.21. The zero-order chi connectivity index (χ0) is 12.0. The van der Waals surface area contributed by atoms with Crippen molar-refractivity contribution in [2.75, 3.05) is 6.54 Å². The highest BCUT2D eigenvalue weighted by Gasteiger charge is 2.07. The van der Waals surface area contributed by atoms with Crippen LogP contribution in [0, 0.1) is 11.3 Å². The van der Waals surface area contributed by atoms with E-state index in [9.17, 15) is 4.79 Å². The van der Waals surface area contributed by atoms with E-state index in [0.717, 1.165) is 5.69 Å². The molecule has 0 aromatic carbocycles. The molecule has 0 saturated heterocycles. The predicted octanol–water partition coefficient (Wildman–Crippen LogP) is 1.23. The molecule has 0 saturated carbocycles. The molecule has 16 heavy (non-hydrogen) atoms. The molecule has 82 valence electrons. The molecule has 0 aliphatic heterocycles. The number of rotatable bonds is 4. The lowest BCUT2D eigenvalue weighted by Gasteiger charge is -2.01. The monoisotopic (exact) mass is 215 g/mol. The van der Waals surface area contributed by atoms with Crippen LogP contribution in [-0.2, 0) is 11.8 Å². The Labute approximate surface area is 94.5 Å². The number of nitriles is 1. The van der Waals surface area contributed by atoms with E-state index in [2.05, 4.69) is 11.9 Å². The van der Waals surface area contributed by atoms with Crippen LogP contribution >= 0.6 is 0 Å². The van der Waals surface area contributed by atoms with Crippen LogP contribution in [0.2, 0.25) is 0 Å². The largest absolute Gasteiger partial charge is 0.351 e. The Morgan fingerprint density at radius 3 is 3.00 bits per heavy atom. The molecule has 0 aliphatic rings. The van der Waals surface area contributed by atoms with Crippen LogP contribution in [0.25, 0.3) is 6.08 Å². The van der Waals surface area contributed by atoms with Gasteiger partial charge < -0.3 is 9.88 Å². The fourth-order valence-corrected chi connectivity index (χ4v) is 1.18. The van der Waals surface area contributed by atoms with Crippen molar-refractivity contribution < 1.29 is 4.79 Å². The molecule has 0 unspecified atom stereocenters. The lowest BCUT2D eigenvalue weighted by molar-refractivity contribution is -0.116. The molecular weight excluding hydrogens is 202 g/mol. The molecule has 1 aromatic heterocycles. The third-order valence-corrected chi connectivity index (χ3v) is 2.05. The lowest BCUT2D eigenvalue weighted by atomic mass is 10.2. The van der Waals surface area contributed by atoms with Crippen molar-refractivity contribution in [2.45, 2.75) is 0 Å². The summed E-state index contributed by atoms with van der Waals surface area (Å²) in [7, 11) is 1.85. The summed E-state index contributed by atoms with van der Waals surface area (Å²) in [6, 6.07) is 5.56. The van der Waals surface area contributed by atoms with E-state index >= 15 is 0 Å². The van der Waals surface area contributed by atoms with Gasteiger partial charge in [0.2, 0.25) is 0 Å². The SMILES string of the molecule is C=CCNC(=O)/C(C#N)=C\c1cccn1C. The molecule has 1 N–H and O–H groups in total. The molecule has 0 fully saturated rings. The van der Waals surface area contributed by atoms with Gasteiger partial charge in [-0.1, -0.05) is 6.08 Å². The van der Waals surface area contributed by atoms with Gasteiger partial charge >= 0.3 is 0 Å². The Morgan fingerprint density at radius 1 is 1.75 bits per heavy atom. The molecule has 0 bridgehead atoms. The van der Waals surface area contributed by atoms with E-state index < -0.39 is 0 Å². The Balaban J connectivity index is 2.87. The topological polar surface area (TPSA) is 57.8 Å². The highest BCUT2D eigenvalue weighted by atomic mass is 16.1. The van der Waals surface area contributed by atoms with Crippen molar-refractivity contribution >= 4 is 12.0 Å². The Hall–Kier alpha value is -2.28. The number of nitrogens with zero attached hydrogens (tertiary/aromatic N) is 2. The number of carbonyl (C=O) groups excluding carboxylic acids is 1. The van der Waals surface area contributed by atoms with Crippen molar-refractivity contribution in [1.29, 1.82) is 5.26 Å². The van der Waals surface area contributed by atoms with E-state index in [1.54, 1.807) is 12.2 Å². The van der Waals surface area contributed by atoms with Gasteiger partial charge in [-0.05, 0) is 18.2 Å². The van der Waals surface area contributed by atoms with Gasteiger partial charge in [0.05, 0.1) is 0 Å². The van der Waals surface area contributed by atoms with Gasteiger partial charge in [0.15, 0.2) is 0 Å². The van der Waals surface area contributed by atoms with Crippen LogP contribution < -0.4 is 5.32 Å². The van der Waals surface area contributed by atoms with Crippen molar-refractivity contribution in [3.63, 3.8) is 0 Å². The second kappa shape index (κ2) is 5.56. The minimum atomic E-state index is -0.386. The maximum atomic E-state index is 11.5. The van der Waals surface area contributed by atoms with E-state index in [4.69, 9.17) is 5.26 Å². The average Bonchev–Trinajstić information content (AvgIpc) is 2.68. The molecule has 4 nitrogen and oxygen atoms in total. The number of aromatic nitrogens is 1. The summed E-state index contributed by atoms with van der Waals surface area (Å²) < 4.78 is 1.83. The Bertz CT molecular complexity index is 463. The zero-order valence-electron chi connectivity index (χ0n) is 9.10. The summed E-state index contributed by atoms with van der Waals surface area (Å²) in [6.07, 6.45) is 4.97. The minimum absolute atomic E-state index is 0.0867. The molecule has 0 radical (unpaired) electrons. The lowest BCUT2D eigenvalue weighted by Crippen LogP contribution is -2.24. The first-order chi connectivity index (χ1) is 7.69. The van der Waals surface area contributed by atoms with Crippen molar-refractivity contribution in [1.82, 2.24) is 9.88 Å².